The highest BCUT2D eigenvalue weighted by atomic mass is 16.6. The Kier molecular flexibility index (Phi) is 4.43. The van der Waals surface area contributed by atoms with Crippen LogP contribution < -0.4 is 5.32 Å². The van der Waals surface area contributed by atoms with Crippen molar-refractivity contribution in [3.8, 4) is 0 Å². The zero-order valence-corrected chi connectivity index (χ0v) is 12.7. The largest absolute Gasteiger partial charge is 0.350 e. The zero-order chi connectivity index (χ0) is 15.5. The predicted molar refractivity (Wildman–Crippen MR) is 83.2 cm³/mol. The van der Waals surface area contributed by atoms with E-state index in [-0.39, 0.29) is 16.1 Å². The van der Waals surface area contributed by atoms with Gasteiger partial charge >= 0.3 is 0 Å². The Morgan fingerprint density at radius 3 is 2.38 bits per heavy atom. The maximum Gasteiger partial charge on any atom is 0.269 e. The third kappa shape index (κ3) is 4.72. The Balaban J connectivity index is 1.97. The molecular formula is C16H21N3O2. The van der Waals surface area contributed by atoms with Crippen molar-refractivity contribution in [1.29, 1.82) is 0 Å². The topological polar surface area (TPSA) is 60.1 Å². The molecule has 0 aliphatic carbocycles. The molecule has 0 atom stereocenters. The molecule has 1 heterocycles. The zero-order valence-electron chi connectivity index (χ0n) is 12.7. The van der Waals surface area contributed by atoms with Gasteiger partial charge in [-0.05, 0) is 38.0 Å². The normalized spacial score (nSPS) is 11.6. The van der Waals surface area contributed by atoms with Gasteiger partial charge in [-0.15, -0.1) is 0 Å². The summed E-state index contributed by atoms with van der Waals surface area (Å²) < 4.78 is 2.08. The molecule has 112 valence electrons. The van der Waals surface area contributed by atoms with E-state index in [0.29, 0.717) is 6.54 Å². The number of rotatable bonds is 5. The standard InChI is InChI=1S/C16H21N3O2/c1-16(2,3)17-10-14-8-9-18(12-14)11-13-4-6-15(7-5-13)19(20)21/h4-9,12,17H,10-11H2,1-3H3. The number of benzene rings is 1. The highest BCUT2D eigenvalue weighted by molar-refractivity contribution is 5.33. The fourth-order valence-corrected chi connectivity index (χ4v) is 1.99. The number of aromatic nitrogens is 1. The molecule has 0 aliphatic rings. The second-order valence-corrected chi connectivity index (χ2v) is 6.22. The first-order valence-corrected chi connectivity index (χ1v) is 6.96. The lowest BCUT2D eigenvalue weighted by Crippen LogP contribution is -2.34. The molecule has 0 amide bonds. The van der Waals surface area contributed by atoms with Gasteiger partial charge in [-0.25, -0.2) is 0 Å². The van der Waals surface area contributed by atoms with Gasteiger partial charge in [0.2, 0.25) is 0 Å². The van der Waals surface area contributed by atoms with Crippen LogP contribution in [0.2, 0.25) is 0 Å². The van der Waals surface area contributed by atoms with Crippen LogP contribution in [-0.2, 0) is 13.1 Å². The van der Waals surface area contributed by atoms with Crippen molar-refractivity contribution in [3.05, 3.63) is 64.0 Å². The number of nitrogens with zero attached hydrogens (tertiary/aromatic N) is 2. The first kappa shape index (κ1) is 15.3. The summed E-state index contributed by atoms with van der Waals surface area (Å²) >= 11 is 0. The molecule has 0 saturated carbocycles. The van der Waals surface area contributed by atoms with Crippen LogP contribution >= 0.6 is 0 Å². The Hall–Kier alpha value is -2.14. The average molecular weight is 287 g/mol. The summed E-state index contributed by atoms with van der Waals surface area (Å²) in [6, 6.07) is 8.77. The van der Waals surface area contributed by atoms with Crippen molar-refractivity contribution in [1.82, 2.24) is 9.88 Å². The minimum Gasteiger partial charge on any atom is -0.350 e. The van der Waals surface area contributed by atoms with E-state index >= 15 is 0 Å². The highest BCUT2D eigenvalue weighted by Gasteiger charge is 2.09. The minimum atomic E-state index is -0.379. The van der Waals surface area contributed by atoms with E-state index in [0.717, 1.165) is 12.1 Å². The van der Waals surface area contributed by atoms with E-state index in [1.165, 1.54) is 5.56 Å². The van der Waals surface area contributed by atoms with Gasteiger partial charge in [-0.2, -0.15) is 0 Å². The maximum atomic E-state index is 10.6. The number of hydrogen-bond acceptors (Lipinski definition) is 3. The lowest BCUT2D eigenvalue weighted by molar-refractivity contribution is -0.384. The summed E-state index contributed by atoms with van der Waals surface area (Å²) in [6.07, 6.45) is 4.13. The van der Waals surface area contributed by atoms with Crippen LogP contribution in [0.5, 0.6) is 0 Å². The molecule has 0 fully saturated rings. The smallest absolute Gasteiger partial charge is 0.269 e. The second kappa shape index (κ2) is 6.10. The van der Waals surface area contributed by atoms with Crippen LogP contribution in [0.25, 0.3) is 0 Å². The number of nitro benzene ring substituents is 1. The van der Waals surface area contributed by atoms with E-state index in [4.69, 9.17) is 0 Å². The third-order valence-corrected chi connectivity index (χ3v) is 3.15. The summed E-state index contributed by atoms with van der Waals surface area (Å²) in [5.74, 6) is 0. The van der Waals surface area contributed by atoms with E-state index in [1.807, 2.05) is 6.20 Å². The molecule has 21 heavy (non-hydrogen) atoms. The van der Waals surface area contributed by atoms with Crippen molar-refractivity contribution in [2.75, 3.05) is 0 Å². The first-order chi connectivity index (χ1) is 9.83. The molecule has 1 N–H and O–H groups in total. The molecule has 2 aromatic rings. The first-order valence-electron chi connectivity index (χ1n) is 6.96. The molecule has 0 bridgehead atoms. The Bertz CT molecular complexity index is 609. The van der Waals surface area contributed by atoms with Gasteiger partial charge in [0.25, 0.3) is 5.69 Å². The van der Waals surface area contributed by atoms with Gasteiger partial charge in [0.15, 0.2) is 0 Å². The third-order valence-electron chi connectivity index (χ3n) is 3.15. The molecular weight excluding hydrogens is 266 g/mol. The van der Waals surface area contributed by atoms with Gasteiger partial charge in [0, 0.05) is 43.2 Å². The quantitative estimate of drug-likeness (QED) is 0.677. The van der Waals surface area contributed by atoms with E-state index in [1.54, 1.807) is 24.3 Å². The van der Waals surface area contributed by atoms with Crippen molar-refractivity contribution in [2.24, 2.45) is 0 Å². The molecule has 2 rings (SSSR count). The molecule has 0 unspecified atom stereocenters. The lowest BCUT2D eigenvalue weighted by Gasteiger charge is -2.19. The van der Waals surface area contributed by atoms with Crippen LogP contribution in [0, 0.1) is 10.1 Å². The highest BCUT2D eigenvalue weighted by Crippen LogP contribution is 2.13. The van der Waals surface area contributed by atoms with Gasteiger partial charge in [-0.3, -0.25) is 10.1 Å². The number of non-ortho nitro benzene ring substituents is 1. The Morgan fingerprint density at radius 2 is 1.81 bits per heavy atom. The fourth-order valence-electron chi connectivity index (χ4n) is 1.99. The number of nitro groups is 1. The van der Waals surface area contributed by atoms with Crippen molar-refractivity contribution in [2.45, 2.75) is 39.4 Å². The minimum absolute atomic E-state index is 0.0977. The fraction of sp³-hybridized carbons (Fsp3) is 0.375. The molecule has 1 aromatic carbocycles. The van der Waals surface area contributed by atoms with E-state index in [9.17, 15) is 10.1 Å². The van der Waals surface area contributed by atoms with E-state index < -0.39 is 0 Å². The van der Waals surface area contributed by atoms with E-state index in [2.05, 4.69) is 42.9 Å². The Labute approximate surface area is 124 Å². The lowest BCUT2D eigenvalue weighted by atomic mass is 10.1. The number of hydrogen-bond donors (Lipinski definition) is 1. The SMILES string of the molecule is CC(C)(C)NCc1ccn(Cc2ccc([N+](=O)[O-])cc2)c1. The summed E-state index contributed by atoms with van der Waals surface area (Å²) in [5, 5.41) is 14.1. The monoisotopic (exact) mass is 287 g/mol. The average Bonchev–Trinajstić information content (AvgIpc) is 2.84. The van der Waals surface area contributed by atoms with Gasteiger partial charge in [-0.1, -0.05) is 12.1 Å². The van der Waals surface area contributed by atoms with Crippen LogP contribution in [-0.4, -0.2) is 15.0 Å². The molecule has 0 aliphatic heterocycles. The second-order valence-electron chi connectivity index (χ2n) is 6.22. The summed E-state index contributed by atoms with van der Waals surface area (Å²) in [6.45, 7) is 7.97. The van der Waals surface area contributed by atoms with Crippen LogP contribution in [0.3, 0.4) is 0 Å². The molecule has 0 spiro atoms. The van der Waals surface area contributed by atoms with Crippen molar-refractivity contribution >= 4 is 5.69 Å². The summed E-state index contributed by atoms with van der Waals surface area (Å²) in [5.41, 5.74) is 2.50. The molecule has 1 aromatic heterocycles. The van der Waals surface area contributed by atoms with Crippen molar-refractivity contribution in [3.63, 3.8) is 0 Å². The van der Waals surface area contributed by atoms with Gasteiger partial charge in [0.1, 0.15) is 0 Å². The van der Waals surface area contributed by atoms with Gasteiger partial charge < -0.3 is 9.88 Å². The molecule has 5 heteroatoms. The van der Waals surface area contributed by atoms with Crippen LogP contribution in [0.15, 0.2) is 42.7 Å². The summed E-state index contributed by atoms with van der Waals surface area (Å²) in [4.78, 5) is 10.2. The van der Waals surface area contributed by atoms with Gasteiger partial charge in [0.05, 0.1) is 4.92 Å². The molecule has 0 saturated heterocycles. The van der Waals surface area contributed by atoms with Crippen LogP contribution in [0.4, 0.5) is 5.69 Å². The number of nitrogens with one attached hydrogen (secondary N) is 1. The Morgan fingerprint density at radius 1 is 1.14 bits per heavy atom. The maximum absolute atomic E-state index is 10.6. The van der Waals surface area contributed by atoms with Crippen molar-refractivity contribution < 1.29 is 4.92 Å². The van der Waals surface area contributed by atoms with Crippen LogP contribution in [0.1, 0.15) is 31.9 Å². The molecule has 0 radical (unpaired) electrons. The molecule has 5 nitrogen and oxygen atoms in total. The predicted octanol–water partition coefficient (Wildman–Crippen LogP) is 3.33. The summed E-state index contributed by atoms with van der Waals surface area (Å²) in [7, 11) is 0.